The Bertz CT molecular complexity index is 802. The van der Waals surface area contributed by atoms with E-state index in [2.05, 4.69) is 16.0 Å². The molecular weight excluding hydrogens is 438 g/mol. The summed E-state index contributed by atoms with van der Waals surface area (Å²) in [6, 6.07) is 5.53. The smallest absolute Gasteiger partial charge is 0.325 e. The van der Waals surface area contributed by atoms with Crippen molar-refractivity contribution in [2.24, 2.45) is 17.4 Å². The van der Waals surface area contributed by atoms with Crippen molar-refractivity contribution in [2.45, 2.75) is 77.0 Å². The minimum Gasteiger partial charge on any atom is -0.480 e. The van der Waals surface area contributed by atoms with E-state index in [1.165, 1.54) is 6.92 Å². The van der Waals surface area contributed by atoms with Crippen molar-refractivity contribution in [3.05, 3.63) is 35.9 Å². The second-order valence-corrected chi connectivity index (χ2v) is 8.90. The highest BCUT2D eigenvalue weighted by Crippen LogP contribution is 2.09. The third-order valence-electron chi connectivity index (χ3n) is 5.28. The van der Waals surface area contributed by atoms with E-state index in [0.717, 1.165) is 5.56 Å². The van der Waals surface area contributed by atoms with Crippen molar-refractivity contribution >= 4 is 23.7 Å². The third-order valence-corrected chi connectivity index (χ3v) is 5.28. The number of aliphatic carboxylic acids is 1. The van der Waals surface area contributed by atoms with Crippen LogP contribution in [0.15, 0.2) is 30.3 Å². The van der Waals surface area contributed by atoms with Crippen molar-refractivity contribution in [3.63, 3.8) is 0 Å². The summed E-state index contributed by atoms with van der Waals surface area (Å²) >= 11 is 0. The summed E-state index contributed by atoms with van der Waals surface area (Å²) in [5.74, 6) is -2.69. The van der Waals surface area contributed by atoms with E-state index in [0.29, 0.717) is 32.2 Å². The summed E-state index contributed by atoms with van der Waals surface area (Å²) in [7, 11) is 0. The van der Waals surface area contributed by atoms with Crippen molar-refractivity contribution < 1.29 is 24.3 Å². The molecule has 8 N–H and O–H groups in total. The monoisotopic (exact) mass is 477 g/mol. The predicted molar refractivity (Wildman–Crippen MR) is 130 cm³/mol. The molecule has 1 aromatic rings. The first-order chi connectivity index (χ1) is 16.0. The predicted octanol–water partition coefficient (Wildman–Crippen LogP) is 0.290. The van der Waals surface area contributed by atoms with Gasteiger partial charge in [0.15, 0.2) is 0 Å². The summed E-state index contributed by atoms with van der Waals surface area (Å²) in [5, 5.41) is 16.9. The Morgan fingerprint density at radius 1 is 0.882 bits per heavy atom. The molecule has 0 heterocycles. The SMILES string of the molecule is CC(C)CC(NC(=O)C(N)Cc1ccccc1)C(=O)NC(CCCCN)C(=O)NC(C)C(=O)O. The van der Waals surface area contributed by atoms with E-state index < -0.39 is 47.9 Å². The average molecular weight is 478 g/mol. The topological polar surface area (TPSA) is 177 Å². The summed E-state index contributed by atoms with van der Waals surface area (Å²) in [6.07, 6.45) is 2.17. The Morgan fingerprint density at radius 3 is 2.03 bits per heavy atom. The molecule has 0 bridgehead atoms. The number of carboxylic acids is 1. The molecule has 0 aliphatic carbocycles. The minimum atomic E-state index is -1.18. The van der Waals surface area contributed by atoms with E-state index in [1.54, 1.807) is 0 Å². The molecule has 10 nitrogen and oxygen atoms in total. The number of carbonyl (C=O) groups excluding carboxylic acids is 3. The first kappa shape index (κ1) is 29.1. The first-order valence-corrected chi connectivity index (χ1v) is 11.7. The lowest BCUT2D eigenvalue weighted by molar-refractivity contribution is -0.141. The zero-order valence-corrected chi connectivity index (χ0v) is 20.3. The van der Waals surface area contributed by atoms with Crippen LogP contribution in [-0.2, 0) is 25.6 Å². The quantitative estimate of drug-likeness (QED) is 0.197. The highest BCUT2D eigenvalue weighted by Gasteiger charge is 2.29. The van der Waals surface area contributed by atoms with E-state index in [-0.39, 0.29) is 12.3 Å². The number of benzene rings is 1. The van der Waals surface area contributed by atoms with E-state index in [1.807, 2.05) is 44.2 Å². The van der Waals surface area contributed by atoms with Gasteiger partial charge in [0.05, 0.1) is 6.04 Å². The van der Waals surface area contributed by atoms with Gasteiger partial charge < -0.3 is 32.5 Å². The molecule has 4 atom stereocenters. The number of carbonyl (C=O) groups is 4. The maximum absolute atomic E-state index is 13.1. The molecule has 3 amide bonds. The Labute approximate surface area is 201 Å². The average Bonchev–Trinajstić information content (AvgIpc) is 2.78. The Kier molecular flexibility index (Phi) is 12.8. The van der Waals surface area contributed by atoms with Gasteiger partial charge in [-0.2, -0.15) is 0 Å². The summed E-state index contributed by atoms with van der Waals surface area (Å²) in [6.45, 7) is 5.60. The molecule has 0 spiro atoms. The molecule has 0 saturated carbocycles. The van der Waals surface area contributed by atoms with Crippen LogP contribution < -0.4 is 27.4 Å². The van der Waals surface area contributed by atoms with Gasteiger partial charge in [-0.25, -0.2) is 0 Å². The van der Waals surface area contributed by atoms with Crippen LogP contribution in [0.4, 0.5) is 0 Å². The molecule has 0 aromatic heterocycles. The molecule has 190 valence electrons. The highest BCUT2D eigenvalue weighted by atomic mass is 16.4. The van der Waals surface area contributed by atoms with E-state index in [9.17, 15) is 19.2 Å². The van der Waals surface area contributed by atoms with Gasteiger partial charge in [0.2, 0.25) is 17.7 Å². The molecule has 0 aliphatic heterocycles. The Balaban J connectivity index is 2.89. The molecular formula is C24H39N5O5. The van der Waals surface area contributed by atoms with Crippen molar-refractivity contribution in [2.75, 3.05) is 6.54 Å². The number of rotatable bonds is 15. The number of carboxylic acid groups (broad SMARTS) is 1. The molecule has 0 radical (unpaired) electrons. The third kappa shape index (κ3) is 10.8. The molecule has 0 saturated heterocycles. The number of nitrogens with two attached hydrogens (primary N) is 2. The van der Waals surface area contributed by atoms with Gasteiger partial charge in [-0.1, -0.05) is 44.2 Å². The fourth-order valence-corrected chi connectivity index (χ4v) is 3.35. The zero-order valence-electron chi connectivity index (χ0n) is 20.3. The van der Waals surface area contributed by atoms with Crippen LogP contribution in [0, 0.1) is 5.92 Å². The zero-order chi connectivity index (χ0) is 25.7. The maximum Gasteiger partial charge on any atom is 0.325 e. The molecule has 0 fully saturated rings. The van der Waals surface area contributed by atoms with Crippen molar-refractivity contribution in [1.82, 2.24) is 16.0 Å². The van der Waals surface area contributed by atoms with Crippen LogP contribution in [0.3, 0.4) is 0 Å². The Hall–Kier alpha value is -2.98. The lowest BCUT2D eigenvalue weighted by atomic mass is 10.0. The van der Waals surface area contributed by atoms with Gasteiger partial charge in [0.1, 0.15) is 18.1 Å². The van der Waals surface area contributed by atoms with Gasteiger partial charge >= 0.3 is 5.97 Å². The van der Waals surface area contributed by atoms with Crippen LogP contribution in [0.5, 0.6) is 0 Å². The number of unbranched alkanes of at least 4 members (excludes halogenated alkanes) is 1. The molecule has 34 heavy (non-hydrogen) atoms. The molecule has 0 aliphatic rings. The van der Waals surface area contributed by atoms with Gasteiger partial charge in [-0.05, 0) is 57.1 Å². The van der Waals surface area contributed by atoms with Crippen molar-refractivity contribution in [3.8, 4) is 0 Å². The van der Waals surface area contributed by atoms with Crippen molar-refractivity contribution in [1.29, 1.82) is 0 Å². The van der Waals surface area contributed by atoms with Gasteiger partial charge in [0, 0.05) is 0 Å². The fraction of sp³-hybridized carbons (Fsp3) is 0.583. The minimum absolute atomic E-state index is 0.0814. The largest absolute Gasteiger partial charge is 0.480 e. The molecule has 1 rings (SSSR count). The highest BCUT2D eigenvalue weighted by molar-refractivity contribution is 5.94. The summed E-state index contributed by atoms with van der Waals surface area (Å²) < 4.78 is 0. The standard InChI is InChI=1S/C24H39N5O5/c1-15(2)13-20(29-21(30)18(26)14-17-9-5-4-6-10-17)23(32)28-19(11-7-8-12-25)22(31)27-16(3)24(33)34/h4-6,9-10,15-16,18-20H,7-8,11-14,25-26H2,1-3H3,(H,27,31)(H,28,32)(H,29,30)(H,33,34). The van der Waals surface area contributed by atoms with Crippen LogP contribution in [0.1, 0.15) is 52.0 Å². The maximum atomic E-state index is 13.1. The number of hydrogen-bond acceptors (Lipinski definition) is 6. The second kappa shape index (κ2) is 15.0. The van der Waals surface area contributed by atoms with Gasteiger partial charge in [-0.15, -0.1) is 0 Å². The Morgan fingerprint density at radius 2 is 1.47 bits per heavy atom. The number of amides is 3. The molecule has 4 unspecified atom stereocenters. The van der Waals surface area contributed by atoms with Crippen LogP contribution in [0.2, 0.25) is 0 Å². The van der Waals surface area contributed by atoms with E-state index in [4.69, 9.17) is 16.6 Å². The molecule has 10 heteroatoms. The lowest BCUT2D eigenvalue weighted by Crippen LogP contribution is -2.57. The van der Waals surface area contributed by atoms with Crippen LogP contribution in [-0.4, -0.2) is 59.5 Å². The van der Waals surface area contributed by atoms with Gasteiger partial charge in [-0.3, -0.25) is 19.2 Å². The first-order valence-electron chi connectivity index (χ1n) is 11.7. The van der Waals surface area contributed by atoms with Crippen LogP contribution in [0.25, 0.3) is 0 Å². The van der Waals surface area contributed by atoms with Gasteiger partial charge in [0.25, 0.3) is 0 Å². The second-order valence-electron chi connectivity index (χ2n) is 8.90. The number of hydrogen-bond donors (Lipinski definition) is 6. The normalized spacial score (nSPS) is 14.5. The molecule has 1 aromatic carbocycles. The number of nitrogens with one attached hydrogen (secondary N) is 3. The lowest BCUT2D eigenvalue weighted by Gasteiger charge is -2.25. The summed E-state index contributed by atoms with van der Waals surface area (Å²) in [5.41, 5.74) is 12.5. The fourth-order valence-electron chi connectivity index (χ4n) is 3.35. The van der Waals surface area contributed by atoms with Crippen LogP contribution >= 0.6 is 0 Å². The summed E-state index contributed by atoms with van der Waals surface area (Å²) in [4.78, 5) is 49.5. The van der Waals surface area contributed by atoms with E-state index >= 15 is 0 Å².